The molecule has 0 atom stereocenters. The molecule has 2 heterocycles. The van der Waals surface area contributed by atoms with Crippen LogP contribution in [-0.2, 0) is 9.84 Å². The highest BCUT2D eigenvalue weighted by Crippen LogP contribution is 2.29. The number of hydrogen-bond acceptors (Lipinski definition) is 5. The highest BCUT2D eigenvalue weighted by molar-refractivity contribution is 7.94. The molecule has 0 amide bonds. The first-order valence-corrected chi connectivity index (χ1v) is 7.32. The SMILES string of the molecule is C=CS(=O)(=O)c1c[nH]c2ncnc(OCC(C)C)c12. The smallest absolute Gasteiger partial charge is 0.227 e. The molecule has 0 aliphatic heterocycles. The molecule has 0 spiro atoms. The fourth-order valence-electron chi connectivity index (χ4n) is 1.58. The number of nitrogens with one attached hydrogen (secondary N) is 1. The summed E-state index contributed by atoms with van der Waals surface area (Å²) in [5.74, 6) is 0.573. The Hall–Kier alpha value is -1.89. The summed E-state index contributed by atoms with van der Waals surface area (Å²) in [6.07, 6.45) is 2.71. The molecule has 0 aromatic carbocycles. The highest BCUT2D eigenvalue weighted by atomic mass is 32.2. The minimum atomic E-state index is -3.57. The van der Waals surface area contributed by atoms with E-state index < -0.39 is 9.84 Å². The third kappa shape index (κ3) is 2.60. The average molecular weight is 281 g/mol. The lowest BCUT2D eigenvalue weighted by atomic mass is 10.2. The Bertz CT molecular complexity index is 704. The van der Waals surface area contributed by atoms with Gasteiger partial charge in [0.2, 0.25) is 15.7 Å². The van der Waals surface area contributed by atoms with Gasteiger partial charge in [0.15, 0.2) is 0 Å². The standard InChI is InChI=1S/C12H15N3O3S/c1-4-19(16,17)9-5-13-11-10(9)12(15-7-14-11)18-6-8(2)3/h4-5,7-8H,1,6H2,2-3H3,(H,13,14,15). The van der Waals surface area contributed by atoms with Crippen molar-refractivity contribution in [3.63, 3.8) is 0 Å². The van der Waals surface area contributed by atoms with Gasteiger partial charge in [0.25, 0.3) is 0 Å². The Morgan fingerprint density at radius 3 is 2.84 bits per heavy atom. The number of aromatic nitrogens is 3. The van der Waals surface area contributed by atoms with E-state index in [9.17, 15) is 8.42 Å². The first-order chi connectivity index (χ1) is 8.95. The van der Waals surface area contributed by atoms with E-state index in [1.807, 2.05) is 13.8 Å². The second kappa shape index (κ2) is 5.00. The molecular formula is C12H15N3O3S. The molecule has 0 aliphatic rings. The van der Waals surface area contributed by atoms with Crippen molar-refractivity contribution in [1.29, 1.82) is 0 Å². The van der Waals surface area contributed by atoms with Crippen LogP contribution in [0.1, 0.15) is 13.8 Å². The molecule has 2 rings (SSSR count). The van der Waals surface area contributed by atoms with Crippen LogP contribution >= 0.6 is 0 Å². The van der Waals surface area contributed by atoms with Gasteiger partial charge in [-0.2, -0.15) is 0 Å². The van der Waals surface area contributed by atoms with E-state index >= 15 is 0 Å². The zero-order chi connectivity index (χ0) is 14.0. The number of ether oxygens (including phenoxy) is 1. The number of nitrogens with zero attached hydrogens (tertiary/aromatic N) is 2. The van der Waals surface area contributed by atoms with Gasteiger partial charge in [-0.15, -0.1) is 0 Å². The molecule has 0 radical (unpaired) electrons. The van der Waals surface area contributed by atoms with Crippen LogP contribution in [0.3, 0.4) is 0 Å². The lowest BCUT2D eigenvalue weighted by Crippen LogP contribution is -2.07. The van der Waals surface area contributed by atoms with Crippen LogP contribution in [0.4, 0.5) is 0 Å². The minimum absolute atomic E-state index is 0.0804. The van der Waals surface area contributed by atoms with Crippen LogP contribution < -0.4 is 4.74 Å². The fourth-order valence-corrected chi connectivity index (χ4v) is 2.45. The van der Waals surface area contributed by atoms with Gasteiger partial charge in [-0.05, 0) is 5.92 Å². The number of aromatic amines is 1. The minimum Gasteiger partial charge on any atom is -0.477 e. The molecule has 7 heteroatoms. The van der Waals surface area contributed by atoms with Crippen molar-refractivity contribution < 1.29 is 13.2 Å². The van der Waals surface area contributed by atoms with Crippen molar-refractivity contribution in [2.24, 2.45) is 5.92 Å². The Morgan fingerprint density at radius 1 is 1.47 bits per heavy atom. The Labute approximate surface area is 111 Å². The predicted molar refractivity (Wildman–Crippen MR) is 71.6 cm³/mol. The van der Waals surface area contributed by atoms with Crippen molar-refractivity contribution in [1.82, 2.24) is 15.0 Å². The second-order valence-corrected chi connectivity index (χ2v) is 6.34. The largest absolute Gasteiger partial charge is 0.477 e. The van der Waals surface area contributed by atoms with Crippen LogP contribution in [0.25, 0.3) is 11.0 Å². The third-order valence-corrected chi connectivity index (χ3v) is 3.85. The van der Waals surface area contributed by atoms with Gasteiger partial charge >= 0.3 is 0 Å². The molecule has 0 unspecified atom stereocenters. The van der Waals surface area contributed by atoms with E-state index in [1.165, 1.54) is 12.5 Å². The molecule has 2 aromatic heterocycles. The van der Waals surface area contributed by atoms with Crippen LogP contribution in [0, 0.1) is 5.92 Å². The number of H-pyrrole nitrogens is 1. The maximum absolute atomic E-state index is 11.9. The van der Waals surface area contributed by atoms with Crippen molar-refractivity contribution in [2.75, 3.05) is 6.61 Å². The summed E-state index contributed by atoms with van der Waals surface area (Å²) in [5, 5.41) is 1.26. The summed E-state index contributed by atoms with van der Waals surface area (Å²) < 4.78 is 29.4. The van der Waals surface area contributed by atoms with Gasteiger partial charge in [0.05, 0.1) is 12.0 Å². The maximum atomic E-state index is 11.9. The summed E-state index contributed by atoms with van der Waals surface area (Å²) in [6.45, 7) is 7.76. The summed E-state index contributed by atoms with van der Waals surface area (Å²) in [6, 6.07) is 0. The van der Waals surface area contributed by atoms with Gasteiger partial charge in [-0.3, -0.25) is 0 Å². The Kier molecular flexibility index (Phi) is 3.57. The van der Waals surface area contributed by atoms with Gasteiger partial charge in [0.1, 0.15) is 16.9 Å². The quantitative estimate of drug-likeness (QED) is 0.904. The van der Waals surface area contributed by atoms with Crippen LogP contribution in [0.15, 0.2) is 29.4 Å². The summed E-state index contributed by atoms with van der Waals surface area (Å²) in [7, 11) is -3.57. The van der Waals surface area contributed by atoms with Crippen LogP contribution in [0.5, 0.6) is 5.88 Å². The monoisotopic (exact) mass is 281 g/mol. The number of fused-ring (bicyclic) bond motifs is 1. The van der Waals surface area contributed by atoms with Gasteiger partial charge in [0, 0.05) is 11.6 Å². The molecule has 0 saturated heterocycles. The van der Waals surface area contributed by atoms with Crippen molar-refractivity contribution >= 4 is 20.9 Å². The number of hydrogen-bond donors (Lipinski definition) is 1. The normalized spacial score (nSPS) is 11.9. The van der Waals surface area contributed by atoms with Gasteiger partial charge in [-0.25, -0.2) is 18.4 Å². The number of rotatable bonds is 5. The van der Waals surface area contributed by atoms with E-state index in [4.69, 9.17) is 4.74 Å². The molecule has 0 aliphatic carbocycles. The number of sulfone groups is 1. The molecular weight excluding hydrogens is 266 g/mol. The summed E-state index contributed by atoms with van der Waals surface area (Å²) >= 11 is 0. The average Bonchev–Trinajstić information content (AvgIpc) is 2.81. The highest BCUT2D eigenvalue weighted by Gasteiger charge is 2.20. The molecule has 1 N–H and O–H groups in total. The summed E-state index contributed by atoms with van der Waals surface area (Å²) in [5.41, 5.74) is 0.425. The maximum Gasteiger partial charge on any atom is 0.227 e. The molecule has 0 saturated carbocycles. The van der Waals surface area contributed by atoms with Gasteiger partial charge < -0.3 is 9.72 Å². The van der Waals surface area contributed by atoms with Crippen LogP contribution in [0.2, 0.25) is 0 Å². The van der Waals surface area contributed by atoms with E-state index in [1.54, 1.807) is 0 Å². The predicted octanol–water partition coefficient (Wildman–Crippen LogP) is 1.91. The van der Waals surface area contributed by atoms with Crippen molar-refractivity contribution in [2.45, 2.75) is 18.7 Å². The molecule has 0 fully saturated rings. The summed E-state index contributed by atoms with van der Waals surface area (Å²) in [4.78, 5) is 10.9. The first kappa shape index (κ1) is 13.5. The zero-order valence-corrected chi connectivity index (χ0v) is 11.6. The van der Waals surface area contributed by atoms with E-state index in [-0.39, 0.29) is 10.8 Å². The van der Waals surface area contributed by atoms with Gasteiger partial charge in [-0.1, -0.05) is 20.4 Å². The van der Waals surface area contributed by atoms with E-state index in [0.717, 1.165) is 5.41 Å². The topological polar surface area (TPSA) is 84.9 Å². The molecule has 6 nitrogen and oxygen atoms in total. The molecule has 0 bridgehead atoms. The second-order valence-electron chi connectivity index (χ2n) is 4.47. The fraction of sp³-hybridized carbons (Fsp3) is 0.333. The van der Waals surface area contributed by atoms with Crippen LogP contribution in [-0.4, -0.2) is 30.0 Å². The lowest BCUT2D eigenvalue weighted by Gasteiger charge is -2.08. The third-order valence-electron chi connectivity index (χ3n) is 2.48. The van der Waals surface area contributed by atoms with Crippen molar-refractivity contribution in [3.8, 4) is 5.88 Å². The first-order valence-electron chi connectivity index (χ1n) is 5.78. The van der Waals surface area contributed by atoms with Crippen molar-refractivity contribution in [3.05, 3.63) is 24.5 Å². The molecule has 2 aromatic rings. The molecule has 19 heavy (non-hydrogen) atoms. The Balaban J connectivity index is 2.59. The molecule has 102 valence electrons. The van der Waals surface area contributed by atoms with E-state index in [2.05, 4.69) is 21.5 Å². The zero-order valence-electron chi connectivity index (χ0n) is 10.8. The lowest BCUT2D eigenvalue weighted by molar-refractivity contribution is 0.264. The Morgan fingerprint density at radius 2 is 2.21 bits per heavy atom. The van der Waals surface area contributed by atoms with E-state index in [0.29, 0.717) is 23.6 Å².